The van der Waals surface area contributed by atoms with Gasteiger partial charge in [-0.3, -0.25) is 0 Å². The standard InChI is InChI=1S/C15H28N2S/c1-10(2)7-14(8-11(3)4)17-13(6)15-16-9-12(5)18-15/h9-11,13-14,17H,7-8H2,1-6H3. The SMILES string of the molecule is Cc1cnc(C(C)NC(CC(C)C)CC(C)C)s1. The van der Waals surface area contributed by atoms with Crippen molar-refractivity contribution in [2.24, 2.45) is 11.8 Å². The zero-order valence-corrected chi connectivity index (χ0v) is 13.5. The molecule has 1 atom stereocenters. The van der Waals surface area contributed by atoms with Crippen LogP contribution < -0.4 is 5.32 Å². The summed E-state index contributed by atoms with van der Waals surface area (Å²) in [5.74, 6) is 1.48. The van der Waals surface area contributed by atoms with Crippen molar-refractivity contribution < 1.29 is 0 Å². The Morgan fingerprint density at radius 3 is 2.06 bits per heavy atom. The molecule has 0 amide bonds. The monoisotopic (exact) mass is 268 g/mol. The summed E-state index contributed by atoms with van der Waals surface area (Å²) in [6.45, 7) is 13.5. The highest BCUT2D eigenvalue weighted by atomic mass is 32.1. The summed E-state index contributed by atoms with van der Waals surface area (Å²) < 4.78 is 0. The zero-order chi connectivity index (χ0) is 13.7. The molecule has 0 saturated heterocycles. The third kappa shape index (κ3) is 5.49. The number of thiazole rings is 1. The van der Waals surface area contributed by atoms with Gasteiger partial charge in [0.1, 0.15) is 5.01 Å². The molecule has 0 spiro atoms. The second-order valence-electron chi connectivity index (χ2n) is 6.15. The maximum Gasteiger partial charge on any atom is 0.109 e. The van der Waals surface area contributed by atoms with Crippen LogP contribution in [0.4, 0.5) is 0 Å². The predicted molar refractivity (Wildman–Crippen MR) is 81.1 cm³/mol. The second kappa shape index (κ2) is 7.25. The number of nitrogens with zero attached hydrogens (tertiary/aromatic N) is 1. The molecule has 1 unspecified atom stereocenters. The van der Waals surface area contributed by atoms with Gasteiger partial charge >= 0.3 is 0 Å². The number of aryl methyl sites for hydroxylation is 1. The van der Waals surface area contributed by atoms with E-state index >= 15 is 0 Å². The van der Waals surface area contributed by atoms with Crippen molar-refractivity contribution in [3.8, 4) is 0 Å². The molecule has 0 aliphatic carbocycles. The van der Waals surface area contributed by atoms with Crippen molar-refractivity contribution in [2.45, 2.75) is 66.5 Å². The molecular formula is C15H28N2S. The lowest BCUT2D eigenvalue weighted by Gasteiger charge is -2.25. The average Bonchev–Trinajstić information content (AvgIpc) is 2.62. The summed E-state index contributed by atoms with van der Waals surface area (Å²) in [7, 11) is 0. The maximum absolute atomic E-state index is 4.48. The Hall–Kier alpha value is -0.410. The first-order valence-electron chi connectivity index (χ1n) is 7.06. The van der Waals surface area contributed by atoms with E-state index in [9.17, 15) is 0 Å². The lowest BCUT2D eigenvalue weighted by Crippen LogP contribution is -2.33. The summed E-state index contributed by atoms with van der Waals surface area (Å²) in [5.41, 5.74) is 0. The van der Waals surface area contributed by atoms with Crippen LogP contribution in [0.1, 0.15) is 63.4 Å². The normalized spacial score (nSPS) is 13.8. The summed E-state index contributed by atoms with van der Waals surface area (Å²) >= 11 is 1.80. The van der Waals surface area contributed by atoms with Crippen LogP contribution in [0, 0.1) is 18.8 Å². The van der Waals surface area contributed by atoms with Crippen LogP contribution in [0.5, 0.6) is 0 Å². The van der Waals surface area contributed by atoms with Gasteiger partial charge < -0.3 is 5.32 Å². The third-order valence-corrected chi connectivity index (χ3v) is 4.10. The molecular weight excluding hydrogens is 240 g/mol. The molecule has 0 aliphatic heterocycles. The van der Waals surface area contributed by atoms with E-state index < -0.39 is 0 Å². The Morgan fingerprint density at radius 1 is 1.11 bits per heavy atom. The summed E-state index contributed by atoms with van der Waals surface area (Å²) in [4.78, 5) is 5.78. The Morgan fingerprint density at radius 2 is 1.67 bits per heavy atom. The van der Waals surface area contributed by atoms with Crippen LogP contribution in [-0.2, 0) is 0 Å². The molecule has 0 aliphatic rings. The van der Waals surface area contributed by atoms with Crippen molar-refractivity contribution in [1.82, 2.24) is 10.3 Å². The molecule has 2 nitrogen and oxygen atoms in total. The first-order valence-corrected chi connectivity index (χ1v) is 7.88. The average molecular weight is 268 g/mol. The molecule has 0 aromatic carbocycles. The van der Waals surface area contributed by atoms with E-state index in [0.717, 1.165) is 11.8 Å². The van der Waals surface area contributed by atoms with Crippen molar-refractivity contribution >= 4 is 11.3 Å². The van der Waals surface area contributed by atoms with E-state index in [4.69, 9.17) is 0 Å². The smallest absolute Gasteiger partial charge is 0.109 e. The summed E-state index contributed by atoms with van der Waals surface area (Å²) in [5, 5.41) is 4.97. The first kappa shape index (κ1) is 15.6. The molecule has 1 rings (SSSR count). The van der Waals surface area contributed by atoms with Gasteiger partial charge in [-0.1, -0.05) is 27.7 Å². The highest BCUT2D eigenvalue weighted by Gasteiger charge is 2.17. The summed E-state index contributed by atoms with van der Waals surface area (Å²) in [6.07, 6.45) is 4.46. The molecule has 1 N–H and O–H groups in total. The van der Waals surface area contributed by atoms with Gasteiger partial charge in [-0.25, -0.2) is 4.98 Å². The Bertz CT molecular complexity index is 334. The van der Waals surface area contributed by atoms with Crippen molar-refractivity contribution in [1.29, 1.82) is 0 Å². The Labute approximate surface area is 116 Å². The topological polar surface area (TPSA) is 24.9 Å². The number of aromatic nitrogens is 1. The highest BCUT2D eigenvalue weighted by molar-refractivity contribution is 7.11. The Balaban J connectivity index is 2.58. The minimum Gasteiger partial charge on any atom is -0.305 e. The van der Waals surface area contributed by atoms with E-state index in [-0.39, 0.29) is 0 Å². The molecule has 0 saturated carbocycles. The van der Waals surface area contributed by atoms with Crippen LogP contribution in [0.25, 0.3) is 0 Å². The molecule has 0 bridgehead atoms. The van der Waals surface area contributed by atoms with Crippen LogP contribution in [0.15, 0.2) is 6.20 Å². The van der Waals surface area contributed by atoms with E-state index in [1.165, 1.54) is 22.7 Å². The second-order valence-corrected chi connectivity index (χ2v) is 7.42. The zero-order valence-electron chi connectivity index (χ0n) is 12.7. The molecule has 0 fully saturated rings. The van der Waals surface area contributed by atoms with Crippen molar-refractivity contribution in [2.75, 3.05) is 0 Å². The van der Waals surface area contributed by atoms with Gasteiger partial charge in [-0.05, 0) is 38.5 Å². The highest BCUT2D eigenvalue weighted by Crippen LogP contribution is 2.22. The van der Waals surface area contributed by atoms with Gasteiger partial charge in [-0.2, -0.15) is 0 Å². The fourth-order valence-electron chi connectivity index (χ4n) is 2.37. The molecule has 3 heteroatoms. The van der Waals surface area contributed by atoms with Crippen LogP contribution in [-0.4, -0.2) is 11.0 Å². The number of hydrogen-bond acceptors (Lipinski definition) is 3. The molecule has 1 aromatic heterocycles. The fraction of sp³-hybridized carbons (Fsp3) is 0.800. The van der Waals surface area contributed by atoms with Crippen LogP contribution in [0.2, 0.25) is 0 Å². The van der Waals surface area contributed by atoms with Gasteiger partial charge in [-0.15, -0.1) is 11.3 Å². The fourth-order valence-corrected chi connectivity index (χ4v) is 3.15. The molecule has 18 heavy (non-hydrogen) atoms. The summed E-state index contributed by atoms with van der Waals surface area (Å²) in [6, 6.07) is 0.968. The van der Waals surface area contributed by atoms with Gasteiger partial charge in [0.15, 0.2) is 0 Å². The minimum atomic E-state index is 0.367. The Kier molecular flexibility index (Phi) is 6.30. The molecule has 0 radical (unpaired) electrons. The van der Waals surface area contributed by atoms with Crippen molar-refractivity contribution in [3.63, 3.8) is 0 Å². The van der Waals surface area contributed by atoms with E-state index in [0.29, 0.717) is 12.1 Å². The van der Waals surface area contributed by atoms with Gasteiger partial charge in [0.25, 0.3) is 0 Å². The van der Waals surface area contributed by atoms with E-state index in [1.807, 2.05) is 6.20 Å². The van der Waals surface area contributed by atoms with Crippen LogP contribution in [0.3, 0.4) is 0 Å². The number of rotatable bonds is 7. The maximum atomic E-state index is 4.48. The van der Waals surface area contributed by atoms with Gasteiger partial charge in [0.05, 0.1) is 6.04 Å². The number of nitrogens with one attached hydrogen (secondary N) is 1. The van der Waals surface area contributed by atoms with Crippen LogP contribution >= 0.6 is 11.3 Å². The first-order chi connectivity index (χ1) is 8.38. The predicted octanol–water partition coefficient (Wildman–Crippen LogP) is 4.56. The number of hydrogen-bond donors (Lipinski definition) is 1. The van der Waals surface area contributed by atoms with Gasteiger partial charge in [0.2, 0.25) is 0 Å². The lowest BCUT2D eigenvalue weighted by molar-refractivity contribution is 0.335. The lowest BCUT2D eigenvalue weighted by atomic mass is 9.95. The molecule has 1 aromatic rings. The quantitative estimate of drug-likeness (QED) is 0.784. The third-order valence-electron chi connectivity index (χ3n) is 3.01. The largest absolute Gasteiger partial charge is 0.305 e. The van der Waals surface area contributed by atoms with Crippen molar-refractivity contribution in [3.05, 3.63) is 16.1 Å². The van der Waals surface area contributed by atoms with E-state index in [1.54, 1.807) is 11.3 Å². The molecule has 104 valence electrons. The minimum absolute atomic E-state index is 0.367. The molecule has 1 heterocycles. The van der Waals surface area contributed by atoms with Gasteiger partial charge in [0, 0.05) is 17.1 Å². The van der Waals surface area contributed by atoms with E-state index in [2.05, 4.69) is 51.8 Å².